The van der Waals surface area contributed by atoms with Gasteiger partial charge in [-0.1, -0.05) is 12.1 Å². The van der Waals surface area contributed by atoms with Gasteiger partial charge in [-0.25, -0.2) is 8.78 Å². The van der Waals surface area contributed by atoms with E-state index in [0.717, 1.165) is 12.1 Å². The Morgan fingerprint density at radius 3 is 2.61 bits per heavy atom. The van der Waals surface area contributed by atoms with Crippen molar-refractivity contribution in [2.45, 2.75) is 25.7 Å². The Hall–Kier alpha value is -1.71. The summed E-state index contributed by atoms with van der Waals surface area (Å²) in [5, 5.41) is 0. The molecule has 0 spiro atoms. The fourth-order valence-electron chi connectivity index (χ4n) is 1.74. The molecule has 1 aromatic rings. The molecule has 0 bridgehead atoms. The van der Waals surface area contributed by atoms with E-state index < -0.39 is 23.0 Å². The average Bonchev–Trinajstić information content (AvgIpc) is 2.33. The standard InChI is InChI=1S/C14H16F2O2/c1-4-8-14(3,13(17)18-5-2)10-6-7-11(15)12(16)9-10/h4,6-7,9H,1,5,8H2,2-3H3. The van der Waals surface area contributed by atoms with Crippen LogP contribution in [0.15, 0.2) is 30.9 Å². The number of allylic oxidation sites excluding steroid dienone is 1. The van der Waals surface area contributed by atoms with Crippen LogP contribution in [0.25, 0.3) is 0 Å². The van der Waals surface area contributed by atoms with E-state index in [1.807, 2.05) is 0 Å². The van der Waals surface area contributed by atoms with Crippen molar-refractivity contribution in [3.63, 3.8) is 0 Å². The molecule has 0 N–H and O–H groups in total. The number of carbonyl (C=O) groups is 1. The van der Waals surface area contributed by atoms with E-state index in [0.29, 0.717) is 5.56 Å². The topological polar surface area (TPSA) is 26.3 Å². The van der Waals surface area contributed by atoms with Crippen LogP contribution in [0, 0.1) is 11.6 Å². The molecule has 0 saturated carbocycles. The van der Waals surface area contributed by atoms with Crippen LogP contribution in [0.1, 0.15) is 25.8 Å². The third-order valence-electron chi connectivity index (χ3n) is 2.84. The second kappa shape index (κ2) is 5.76. The first-order valence-corrected chi connectivity index (χ1v) is 5.69. The maximum atomic E-state index is 13.2. The van der Waals surface area contributed by atoms with E-state index in [1.54, 1.807) is 19.9 Å². The van der Waals surface area contributed by atoms with E-state index in [9.17, 15) is 13.6 Å². The van der Waals surface area contributed by atoms with E-state index in [-0.39, 0.29) is 13.0 Å². The summed E-state index contributed by atoms with van der Waals surface area (Å²) in [6, 6.07) is 3.42. The summed E-state index contributed by atoms with van der Waals surface area (Å²) in [4.78, 5) is 12.0. The van der Waals surface area contributed by atoms with Crippen molar-refractivity contribution in [3.05, 3.63) is 48.1 Å². The minimum Gasteiger partial charge on any atom is -0.465 e. The normalized spacial score (nSPS) is 13.8. The van der Waals surface area contributed by atoms with Gasteiger partial charge in [0.15, 0.2) is 11.6 Å². The molecule has 1 rings (SSSR count). The van der Waals surface area contributed by atoms with E-state index in [1.165, 1.54) is 6.07 Å². The van der Waals surface area contributed by atoms with Crippen molar-refractivity contribution >= 4 is 5.97 Å². The van der Waals surface area contributed by atoms with Crippen molar-refractivity contribution in [3.8, 4) is 0 Å². The largest absolute Gasteiger partial charge is 0.465 e. The monoisotopic (exact) mass is 254 g/mol. The lowest BCUT2D eigenvalue weighted by atomic mass is 9.79. The predicted octanol–water partition coefficient (Wildman–Crippen LogP) is 3.36. The van der Waals surface area contributed by atoms with Crippen LogP contribution in [0.4, 0.5) is 8.78 Å². The molecular weight excluding hydrogens is 238 g/mol. The number of esters is 1. The van der Waals surface area contributed by atoms with Gasteiger partial charge in [-0.2, -0.15) is 0 Å². The van der Waals surface area contributed by atoms with Gasteiger partial charge in [-0.3, -0.25) is 4.79 Å². The lowest BCUT2D eigenvalue weighted by Crippen LogP contribution is -2.34. The highest BCUT2D eigenvalue weighted by Crippen LogP contribution is 2.30. The van der Waals surface area contributed by atoms with E-state index >= 15 is 0 Å². The fourth-order valence-corrected chi connectivity index (χ4v) is 1.74. The Morgan fingerprint density at radius 1 is 1.44 bits per heavy atom. The van der Waals surface area contributed by atoms with Gasteiger partial charge in [0.2, 0.25) is 0 Å². The lowest BCUT2D eigenvalue weighted by Gasteiger charge is -2.26. The number of halogens is 2. The highest BCUT2D eigenvalue weighted by molar-refractivity contribution is 5.83. The maximum absolute atomic E-state index is 13.2. The van der Waals surface area contributed by atoms with Gasteiger partial charge in [-0.05, 0) is 38.0 Å². The number of ether oxygens (including phenoxy) is 1. The molecule has 0 aliphatic carbocycles. The van der Waals surface area contributed by atoms with Crippen molar-refractivity contribution < 1.29 is 18.3 Å². The van der Waals surface area contributed by atoms with Gasteiger partial charge in [-0.15, -0.1) is 6.58 Å². The Morgan fingerprint density at radius 2 is 2.11 bits per heavy atom. The summed E-state index contributed by atoms with van der Waals surface area (Å²) in [5.41, 5.74) is -0.675. The zero-order valence-corrected chi connectivity index (χ0v) is 10.5. The van der Waals surface area contributed by atoms with Crippen molar-refractivity contribution in [1.29, 1.82) is 0 Å². The lowest BCUT2D eigenvalue weighted by molar-refractivity contribution is -0.149. The third kappa shape index (κ3) is 2.75. The van der Waals surface area contributed by atoms with Crippen LogP contribution in [-0.4, -0.2) is 12.6 Å². The van der Waals surface area contributed by atoms with Crippen LogP contribution >= 0.6 is 0 Å². The van der Waals surface area contributed by atoms with Crippen molar-refractivity contribution in [2.24, 2.45) is 0 Å². The summed E-state index contributed by atoms with van der Waals surface area (Å²) in [7, 11) is 0. The summed E-state index contributed by atoms with van der Waals surface area (Å²) in [6.45, 7) is 7.13. The molecule has 0 fully saturated rings. The first kappa shape index (κ1) is 14.4. The zero-order valence-electron chi connectivity index (χ0n) is 10.5. The Balaban J connectivity index is 3.21. The van der Waals surface area contributed by atoms with Crippen LogP contribution in [-0.2, 0) is 14.9 Å². The highest BCUT2D eigenvalue weighted by atomic mass is 19.2. The van der Waals surface area contributed by atoms with Crippen LogP contribution in [0.3, 0.4) is 0 Å². The first-order chi connectivity index (χ1) is 8.45. The molecule has 0 aliphatic rings. The summed E-state index contributed by atoms with van der Waals surface area (Å²) < 4.78 is 31.1. The molecule has 18 heavy (non-hydrogen) atoms. The molecule has 4 heteroatoms. The molecule has 2 nitrogen and oxygen atoms in total. The summed E-state index contributed by atoms with van der Waals surface area (Å²) >= 11 is 0. The first-order valence-electron chi connectivity index (χ1n) is 5.69. The number of benzene rings is 1. The molecule has 0 radical (unpaired) electrons. The highest BCUT2D eigenvalue weighted by Gasteiger charge is 2.36. The Labute approximate surface area is 105 Å². The van der Waals surface area contributed by atoms with Crippen LogP contribution < -0.4 is 0 Å². The minimum absolute atomic E-state index is 0.231. The van der Waals surface area contributed by atoms with Crippen molar-refractivity contribution in [1.82, 2.24) is 0 Å². The van der Waals surface area contributed by atoms with Gasteiger partial charge in [0, 0.05) is 0 Å². The summed E-state index contributed by atoms with van der Waals surface area (Å²) in [6.07, 6.45) is 1.84. The second-order valence-corrected chi connectivity index (χ2v) is 4.17. The smallest absolute Gasteiger partial charge is 0.316 e. The Kier molecular flexibility index (Phi) is 4.59. The Bertz CT molecular complexity index is 457. The predicted molar refractivity (Wildman–Crippen MR) is 65.2 cm³/mol. The number of rotatable bonds is 5. The fraction of sp³-hybridized carbons (Fsp3) is 0.357. The zero-order chi connectivity index (χ0) is 13.8. The van der Waals surface area contributed by atoms with Crippen molar-refractivity contribution in [2.75, 3.05) is 6.61 Å². The van der Waals surface area contributed by atoms with Gasteiger partial charge < -0.3 is 4.74 Å². The SMILES string of the molecule is C=CCC(C)(C(=O)OCC)c1ccc(F)c(F)c1. The minimum atomic E-state index is -1.05. The molecule has 0 amide bonds. The number of carbonyl (C=O) groups excluding carboxylic acids is 1. The number of hydrogen-bond acceptors (Lipinski definition) is 2. The molecule has 0 aliphatic heterocycles. The summed E-state index contributed by atoms with van der Waals surface area (Å²) in [5.74, 6) is -2.40. The van der Waals surface area contributed by atoms with Gasteiger partial charge in [0.25, 0.3) is 0 Å². The average molecular weight is 254 g/mol. The maximum Gasteiger partial charge on any atom is 0.316 e. The van der Waals surface area contributed by atoms with Gasteiger partial charge >= 0.3 is 5.97 Å². The second-order valence-electron chi connectivity index (χ2n) is 4.17. The molecule has 0 aromatic heterocycles. The van der Waals surface area contributed by atoms with E-state index in [4.69, 9.17) is 4.74 Å². The van der Waals surface area contributed by atoms with Crippen LogP contribution in [0.5, 0.6) is 0 Å². The van der Waals surface area contributed by atoms with E-state index in [2.05, 4.69) is 6.58 Å². The molecule has 1 atom stereocenters. The van der Waals surface area contributed by atoms with Gasteiger partial charge in [0.1, 0.15) is 0 Å². The molecule has 0 saturated heterocycles. The molecular formula is C14H16F2O2. The van der Waals surface area contributed by atoms with Gasteiger partial charge in [0.05, 0.1) is 12.0 Å². The van der Waals surface area contributed by atoms with Crippen LogP contribution in [0.2, 0.25) is 0 Å². The number of hydrogen-bond donors (Lipinski definition) is 0. The molecule has 1 aromatic carbocycles. The third-order valence-corrected chi connectivity index (χ3v) is 2.84. The molecule has 1 unspecified atom stereocenters. The molecule has 98 valence electrons. The molecule has 0 heterocycles. The quantitative estimate of drug-likeness (QED) is 0.595.